The van der Waals surface area contributed by atoms with Crippen LogP contribution in [0.5, 0.6) is 11.5 Å². The van der Waals surface area contributed by atoms with Crippen molar-refractivity contribution in [3.63, 3.8) is 0 Å². The second-order valence-corrected chi connectivity index (χ2v) is 9.11. The minimum Gasteiger partial charge on any atom is -0.497 e. The predicted molar refractivity (Wildman–Crippen MR) is 108 cm³/mol. The number of nitrogens with zero attached hydrogens (tertiary/aromatic N) is 1. The van der Waals surface area contributed by atoms with Gasteiger partial charge in [-0.3, -0.25) is 9.52 Å². The first-order chi connectivity index (χ1) is 13.0. The summed E-state index contributed by atoms with van der Waals surface area (Å²) in [6.45, 7) is 5.58. The molecule has 1 aliphatic rings. The molecular formula is C20H24N2O5S. The number of nitrogens with one attached hydrogen (secondary N) is 1. The van der Waals surface area contributed by atoms with Crippen molar-refractivity contribution >= 4 is 27.3 Å². The normalized spacial score (nSPS) is 16.0. The Morgan fingerprint density at radius 2 is 1.89 bits per heavy atom. The highest BCUT2D eigenvalue weighted by Gasteiger charge is 2.36. The summed E-state index contributed by atoms with van der Waals surface area (Å²) in [5.74, 6) is 1.02. The molecule has 0 saturated heterocycles. The van der Waals surface area contributed by atoms with Crippen LogP contribution >= 0.6 is 0 Å². The number of carbonyl (C=O) groups is 1. The Balaban J connectivity index is 1.95. The number of sulfonamides is 1. The van der Waals surface area contributed by atoms with Gasteiger partial charge in [0.25, 0.3) is 10.0 Å². The van der Waals surface area contributed by atoms with E-state index in [1.54, 1.807) is 44.3 Å². The van der Waals surface area contributed by atoms with Crippen molar-refractivity contribution in [3.8, 4) is 11.5 Å². The molecule has 28 heavy (non-hydrogen) atoms. The van der Waals surface area contributed by atoms with E-state index in [0.29, 0.717) is 28.4 Å². The van der Waals surface area contributed by atoms with Gasteiger partial charge < -0.3 is 14.4 Å². The number of hydrogen-bond donors (Lipinski definition) is 1. The van der Waals surface area contributed by atoms with Crippen LogP contribution in [0.3, 0.4) is 0 Å². The highest BCUT2D eigenvalue weighted by atomic mass is 32.2. The molecule has 1 amide bonds. The maximum atomic E-state index is 12.8. The van der Waals surface area contributed by atoms with Gasteiger partial charge in [-0.05, 0) is 62.7 Å². The van der Waals surface area contributed by atoms with Crippen LogP contribution in [-0.2, 0) is 14.8 Å². The number of ether oxygens (including phenoxy) is 2. The molecule has 7 nitrogen and oxygen atoms in total. The molecule has 2 aromatic rings. The van der Waals surface area contributed by atoms with Crippen LogP contribution in [-0.4, -0.2) is 35.1 Å². The van der Waals surface area contributed by atoms with E-state index in [0.717, 1.165) is 0 Å². The minimum atomic E-state index is -3.81. The van der Waals surface area contributed by atoms with Gasteiger partial charge in [0, 0.05) is 7.05 Å². The number of carbonyl (C=O) groups excluding carboxylic acids is 1. The van der Waals surface area contributed by atoms with Crippen molar-refractivity contribution in [3.05, 3.63) is 42.0 Å². The molecule has 0 unspecified atom stereocenters. The average Bonchev–Trinajstić information content (AvgIpc) is 2.72. The minimum absolute atomic E-state index is 0.0998. The molecule has 3 rings (SSSR count). The van der Waals surface area contributed by atoms with E-state index in [1.807, 2.05) is 13.8 Å². The van der Waals surface area contributed by atoms with E-state index >= 15 is 0 Å². The molecule has 0 radical (unpaired) electrons. The molecule has 8 heteroatoms. The van der Waals surface area contributed by atoms with E-state index in [9.17, 15) is 13.2 Å². The summed E-state index contributed by atoms with van der Waals surface area (Å²) in [7, 11) is -0.626. The van der Waals surface area contributed by atoms with Gasteiger partial charge >= 0.3 is 0 Å². The summed E-state index contributed by atoms with van der Waals surface area (Å²) in [6, 6.07) is 9.65. The smallest absolute Gasteiger partial charge is 0.262 e. The van der Waals surface area contributed by atoms with Gasteiger partial charge in [0.1, 0.15) is 18.1 Å². The molecule has 1 aliphatic heterocycles. The number of amides is 1. The Labute approximate surface area is 165 Å². The molecule has 0 saturated carbocycles. The Morgan fingerprint density at radius 3 is 2.54 bits per heavy atom. The Hall–Kier alpha value is -2.74. The second kappa shape index (κ2) is 7.01. The third-order valence-electron chi connectivity index (χ3n) is 4.72. The fourth-order valence-corrected chi connectivity index (χ4v) is 4.39. The van der Waals surface area contributed by atoms with Crippen molar-refractivity contribution in [1.82, 2.24) is 0 Å². The van der Waals surface area contributed by atoms with E-state index in [1.165, 1.54) is 18.1 Å². The van der Waals surface area contributed by atoms with Crippen LogP contribution < -0.4 is 19.1 Å². The first kappa shape index (κ1) is 20.0. The maximum absolute atomic E-state index is 12.8. The van der Waals surface area contributed by atoms with Gasteiger partial charge in [-0.15, -0.1) is 0 Å². The van der Waals surface area contributed by atoms with Gasteiger partial charge in [-0.25, -0.2) is 8.42 Å². The summed E-state index contributed by atoms with van der Waals surface area (Å²) < 4.78 is 39.2. The molecule has 150 valence electrons. The van der Waals surface area contributed by atoms with Crippen molar-refractivity contribution < 1.29 is 22.7 Å². The lowest BCUT2D eigenvalue weighted by atomic mass is 9.93. The SMILES string of the molecule is COc1ccc(S(=O)(=O)Nc2ccc3c(c2)N(C)C(=O)C(C)(C)CO3)c(C)c1. The summed E-state index contributed by atoms with van der Waals surface area (Å²) in [6.07, 6.45) is 0. The lowest BCUT2D eigenvalue weighted by Gasteiger charge is -2.24. The largest absolute Gasteiger partial charge is 0.497 e. The van der Waals surface area contributed by atoms with Crippen LogP contribution in [0.25, 0.3) is 0 Å². The fraction of sp³-hybridized carbons (Fsp3) is 0.350. The van der Waals surface area contributed by atoms with Gasteiger partial charge in [-0.2, -0.15) is 0 Å². The van der Waals surface area contributed by atoms with E-state index in [4.69, 9.17) is 9.47 Å². The molecule has 1 heterocycles. The number of rotatable bonds is 4. The van der Waals surface area contributed by atoms with E-state index in [-0.39, 0.29) is 17.4 Å². The molecule has 0 bridgehead atoms. The first-order valence-electron chi connectivity index (χ1n) is 8.77. The van der Waals surface area contributed by atoms with E-state index in [2.05, 4.69) is 4.72 Å². The summed E-state index contributed by atoms with van der Waals surface area (Å²) in [5, 5.41) is 0. The lowest BCUT2D eigenvalue weighted by molar-refractivity contribution is -0.127. The number of fused-ring (bicyclic) bond motifs is 1. The highest BCUT2D eigenvalue weighted by molar-refractivity contribution is 7.92. The van der Waals surface area contributed by atoms with Gasteiger partial charge in [-0.1, -0.05) is 0 Å². The number of anilines is 2. The fourth-order valence-electron chi connectivity index (χ4n) is 3.11. The molecule has 1 N–H and O–H groups in total. The summed E-state index contributed by atoms with van der Waals surface area (Å²) in [5.41, 5.74) is 0.756. The van der Waals surface area contributed by atoms with Crippen molar-refractivity contribution in [2.24, 2.45) is 5.41 Å². The van der Waals surface area contributed by atoms with Gasteiger partial charge in [0.05, 0.1) is 28.8 Å². The lowest BCUT2D eigenvalue weighted by Crippen LogP contribution is -2.39. The standard InChI is InChI=1S/C20H24N2O5S/c1-13-10-15(26-5)7-9-18(13)28(24,25)21-14-6-8-17-16(11-14)22(4)19(23)20(2,3)12-27-17/h6-11,21H,12H2,1-5H3. The summed E-state index contributed by atoms with van der Waals surface area (Å²) in [4.78, 5) is 14.3. The molecule has 0 aromatic heterocycles. The third kappa shape index (κ3) is 3.64. The molecule has 0 atom stereocenters. The predicted octanol–water partition coefficient (Wildman–Crippen LogP) is 3.19. The maximum Gasteiger partial charge on any atom is 0.262 e. The molecular weight excluding hydrogens is 380 g/mol. The van der Waals surface area contributed by atoms with Crippen molar-refractivity contribution in [1.29, 1.82) is 0 Å². The van der Waals surface area contributed by atoms with Crippen LogP contribution in [0, 0.1) is 12.3 Å². The van der Waals surface area contributed by atoms with Crippen molar-refractivity contribution in [2.75, 3.05) is 30.4 Å². The Bertz CT molecular complexity index is 1030. The molecule has 2 aromatic carbocycles. The van der Waals surface area contributed by atoms with Crippen molar-refractivity contribution in [2.45, 2.75) is 25.7 Å². The third-order valence-corrected chi connectivity index (χ3v) is 6.26. The Kier molecular flexibility index (Phi) is 5.01. The van der Waals surface area contributed by atoms with Gasteiger partial charge in [0.15, 0.2) is 0 Å². The first-order valence-corrected chi connectivity index (χ1v) is 10.3. The van der Waals surface area contributed by atoms with Crippen LogP contribution in [0.2, 0.25) is 0 Å². The van der Waals surface area contributed by atoms with Crippen LogP contribution in [0.1, 0.15) is 19.4 Å². The van der Waals surface area contributed by atoms with Gasteiger partial charge in [0.2, 0.25) is 5.91 Å². The molecule has 0 spiro atoms. The highest BCUT2D eigenvalue weighted by Crippen LogP contribution is 2.37. The monoisotopic (exact) mass is 404 g/mol. The topological polar surface area (TPSA) is 84.9 Å². The number of benzene rings is 2. The van der Waals surface area contributed by atoms with Crippen LogP contribution in [0.4, 0.5) is 11.4 Å². The average molecular weight is 404 g/mol. The number of hydrogen-bond acceptors (Lipinski definition) is 5. The Morgan fingerprint density at radius 1 is 1.18 bits per heavy atom. The quantitative estimate of drug-likeness (QED) is 0.846. The second-order valence-electron chi connectivity index (χ2n) is 7.46. The number of methoxy groups -OCH3 is 1. The zero-order valence-corrected chi connectivity index (χ0v) is 17.4. The van der Waals surface area contributed by atoms with E-state index < -0.39 is 15.4 Å². The molecule has 0 fully saturated rings. The van der Waals surface area contributed by atoms with Crippen LogP contribution in [0.15, 0.2) is 41.3 Å². The zero-order valence-electron chi connectivity index (χ0n) is 16.6. The molecule has 0 aliphatic carbocycles. The zero-order chi connectivity index (χ0) is 20.7. The summed E-state index contributed by atoms with van der Waals surface area (Å²) >= 11 is 0. The number of aryl methyl sites for hydroxylation is 1.